The van der Waals surface area contributed by atoms with Crippen molar-refractivity contribution in [1.29, 1.82) is 0 Å². The Hall–Kier alpha value is -2.50. The molecule has 0 saturated carbocycles. The predicted molar refractivity (Wildman–Crippen MR) is 121 cm³/mol. The van der Waals surface area contributed by atoms with Crippen LogP contribution >= 0.6 is 11.3 Å². The first-order valence-corrected chi connectivity index (χ1v) is 12.8. The Kier molecular flexibility index (Phi) is 8.21. The first-order chi connectivity index (χ1) is 15.3. The first-order valence-electron chi connectivity index (χ1n) is 10.4. The number of esters is 1. The molecule has 0 atom stereocenters. The molecule has 1 fully saturated rings. The molecule has 1 aromatic carbocycles. The number of sulfonamides is 1. The largest absolute Gasteiger partial charge is 0.496 e. The van der Waals surface area contributed by atoms with Gasteiger partial charge in [-0.3, -0.25) is 14.9 Å². The lowest BCUT2D eigenvalue weighted by molar-refractivity contribution is -0.142. The molecule has 1 saturated heterocycles. The van der Waals surface area contributed by atoms with Crippen molar-refractivity contribution >= 4 is 38.4 Å². The Labute approximate surface area is 191 Å². The monoisotopic (exact) mass is 481 g/mol. The van der Waals surface area contributed by atoms with Gasteiger partial charge in [0.25, 0.3) is 5.91 Å². The van der Waals surface area contributed by atoms with Crippen molar-refractivity contribution in [3.63, 3.8) is 0 Å². The number of amides is 1. The maximum Gasteiger partial charge on any atom is 0.311 e. The van der Waals surface area contributed by atoms with Crippen molar-refractivity contribution in [2.75, 3.05) is 32.1 Å². The van der Waals surface area contributed by atoms with Gasteiger partial charge in [-0.25, -0.2) is 13.4 Å². The van der Waals surface area contributed by atoms with Crippen molar-refractivity contribution in [3.05, 3.63) is 34.8 Å². The van der Waals surface area contributed by atoms with Gasteiger partial charge in [-0.05, 0) is 38.0 Å². The molecule has 0 bridgehead atoms. The molecule has 9 nitrogen and oxygen atoms in total. The van der Waals surface area contributed by atoms with Crippen molar-refractivity contribution < 1.29 is 27.5 Å². The van der Waals surface area contributed by atoms with Crippen molar-refractivity contribution in [2.24, 2.45) is 0 Å². The van der Waals surface area contributed by atoms with Gasteiger partial charge in [0.2, 0.25) is 10.0 Å². The number of carbonyl (C=O) groups excluding carboxylic acids is 2. The molecule has 0 spiro atoms. The summed E-state index contributed by atoms with van der Waals surface area (Å²) in [5.74, 6) is -0.698. The van der Waals surface area contributed by atoms with E-state index in [4.69, 9.17) is 9.47 Å². The molecule has 2 heterocycles. The average molecular weight is 482 g/mol. The minimum atomic E-state index is -3.72. The highest BCUT2D eigenvalue weighted by molar-refractivity contribution is 7.89. The van der Waals surface area contributed by atoms with Crippen molar-refractivity contribution in [1.82, 2.24) is 9.29 Å². The number of thiazole rings is 1. The molecule has 1 N–H and O–H groups in total. The lowest BCUT2D eigenvalue weighted by Gasteiger charge is -2.20. The summed E-state index contributed by atoms with van der Waals surface area (Å²) in [7, 11) is -2.31. The quantitative estimate of drug-likeness (QED) is 0.576. The number of aromatic nitrogens is 1. The smallest absolute Gasteiger partial charge is 0.311 e. The minimum Gasteiger partial charge on any atom is -0.496 e. The number of hydrogen-bond donors (Lipinski definition) is 1. The summed E-state index contributed by atoms with van der Waals surface area (Å²) in [4.78, 5) is 28.8. The molecule has 0 radical (unpaired) electrons. The Morgan fingerprint density at radius 2 is 1.91 bits per heavy atom. The third-order valence-corrected chi connectivity index (χ3v) is 7.72. The molecule has 1 aliphatic rings. The Balaban J connectivity index is 1.80. The van der Waals surface area contributed by atoms with Crippen LogP contribution in [0.2, 0.25) is 0 Å². The zero-order valence-electron chi connectivity index (χ0n) is 18.1. The molecule has 2 aromatic rings. The number of benzene rings is 1. The van der Waals surface area contributed by atoms with E-state index in [2.05, 4.69) is 10.3 Å². The molecule has 0 aliphatic carbocycles. The van der Waals surface area contributed by atoms with Crippen LogP contribution in [0.25, 0.3) is 0 Å². The second-order valence-corrected chi connectivity index (χ2v) is 10.1. The lowest BCUT2D eigenvalue weighted by Crippen LogP contribution is -2.32. The van der Waals surface area contributed by atoms with Crippen LogP contribution < -0.4 is 10.1 Å². The Morgan fingerprint density at radius 3 is 2.56 bits per heavy atom. The van der Waals surface area contributed by atoms with E-state index >= 15 is 0 Å². The minimum absolute atomic E-state index is 0.00704. The van der Waals surface area contributed by atoms with Crippen LogP contribution in [-0.4, -0.2) is 56.4 Å². The second kappa shape index (κ2) is 10.9. The number of anilines is 1. The number of carbonyl (C=O) groups is 2. The zero-order chi connectivity index (χ0) is 23.1. The Morgan fingerprint density at radius 1 is 1.19 bits per heavy atom. The highest BCUT2D eigenvalue weighted by Crippen LogP contribution is 2.27. The number of hydrogen-bond acceptors (Lipinski definition) is 8. The number of ether oxygens (including phenoxy) is 2. The molecule has 1 amide bonds. The molecular formula is C21H27N3O6S2. The number of rotatable bonds is 8. The molecule has 174 valence electrons. The van der Waals surface area contributed by atoms with E-state index in [0.717, 1.165) is 37.0 Å². The van der Waals surface area contributed by atoms with Gasteiger partial charge in [-0.15, -0.1) is 11.3 Å². The molecular weight excluding hydrogens is 454 g/mol. The fourth-order valence-corrected chi connectivity index (χ4v) is 5.68. The van der Waals surface area contributed by atoms with Crippen LogP contribution in [0.1, 0.15) is 48.7 Å². The van der Waals surface area contributed by atoms with Gasteiger partial charge in [0.05, 0.1) is 36.3 Å². The number of nitrogens with one attached hydrogen (secondary N) is 1. The topological polar surface area (TPSA) is 115 Å². The molecule has 3 rings (SSSR count). The zero-order valence-corrected chi connectivity index (χ0v) is 19.8. The van der Waals surface area contributed by atoms with Gasteiger partial charge in [-0.2, -0.15) is 4.31 Å². The molecule has 0 unspecified atom stereocenters. The normalized spacial score (nSPS) is 15.1. The lowest BCUT2D eigenvalue weighted by atomic mass is 10.2. The standard InChI is InChI=1S/C21H27N3O6S2/c1-3-30-19(25)12-15-14-31-21(22-15)23-20(26)17-13-16(8-9-18(17)29-2)32(27,28)24-10-6-4-5-7-11-24/h8-9,13-14H,3-7,10-12H2,1-2H3,(H,22,23,26). The summed E-state index contributed by atoms with van der Waals surface area (Å²) < 4.78 is 37.9. The van der Waals surface area contributed by atoms with Crippen LogP contribution in [-0.2, 0) is 26.0 Å². The van der Waals surface area contributed by atoms with Gasteiger partial charge in [0.15, 0.2) is 5.13 Å². The third kappa shape index (κ3) is 5.84. The van der Waals surface area contributed by atoms with Gasteiger partial charge in [-0.1, -0.05) is 12.8 Å². The van der Waals surface area contributed by atoms with E-state index in [1.54, 1.807) is 12.3 Å². The fraction of sp³-hybridized carbons (Fsp3) is 0.476. The first kappa shape index (κ1) is 24.1. The summed E-state index contributed by atoms with van der Waals surface area (Å²) in [6, 6.07) is 4.27. The predicted octanol–water partition coefficient (Wildman–Crippen LogP) is 3.07. The van der Waals surface area contributed by atoms with E-state index < -0.39 is 21.9 Å². The molecule has 1 aliphatic heterocycles. The second-order valence-electron chi connectivity index (χ2n) is 7.26. The highest BCUT2D eigenvalue weighted by atomic mass is 32.2. The van der Waals surface area contributed by atoms with Crippen molar-refractivity contribution in [2.45, 2.75) is 43.9 Å². The van der Waals surface area contributed by atoms with E-state index in [1.165, 1.54) is 29.6 Å². The van der Waals surface area contributed by atoms with Crippen LogP contribution in [0.3, 0.4) is 0 Å². The maximum atomic E-state index is 13.1. The van der Waals surface area contributed by atoms with E-state index in [9.17, 15) is 18.0 Å². The third-order valence-electron chi connectivity index (χ3n) is 5.02. The van der Waals surface area contributed by atoms with Gasteiger partial charge in [0, 0.05) is 18.5 Å². The SMILES string of the molecule is CCOC(=O)Cc1csc(NC(=O)c2cc(S(=O)(=O)N3CCCCCC3)ccc2OC)n1. The fourth-order valence-electron chi connectivity index (χ4n) is 3.43. The van der Waals surface area contributed by atoms with Gasteiger partial charge < -0.3 is 9.47 Å². The highest BCUT2D eigenvalue weighted by Gasteiger charge is 2.27. The van der Waals surface area contributed by atoms with Gasteiger partial charge in [0.1, 0.15) is 5.75 Å². The van der Waals surface area contributed by atoms with Crippen LogP contribution in [0.5, 0.6) is 5.75 Å². The Bertz CT molecular complexity index is 1060. The number of methoxy groups -OCH3 is 1. The van der Waals surface area contributed by atoms with Crippen molar-refractivity contribution in [3.8, 4) is 5.75 Å². The summed E-state index contributed by atoms with van der Waals surface area (Å²) in [5.41, 5.74) is 0.568. The van der Waals surface area contributed by atoms with E-state index in [1.807, 2.05) is 0 Å². The molecule has 11 heteroatoms. The average Bonchev–Trinajstić information content (AvgIpc) is 3.01. The van der Waals surface area contributed by atoms with Crippen LogP contribution in [0, 0.1) is 0 Å². The molecule has 1 aromatic heterocycles. The summed E-state index contributed by atoms with van der Waals surface area (Å²) in [5, 5.41) is 4.60. The van der Waals surface area contributed by atoms with Gasteiger partial charge >= 0.3 is 5.97 Å². The van der Waals surface area contributed by atoms with E-state index in [0.29, 0.717) is 18.8 Å². The van der Waals surface area contributed by atoms with Crippen LogP contribution in [0.15, 0.2) is 28.5 Å². The van der Waals surface area contributed by atoms with Crippen LogP contribution in [0.4, 0.5) is 5.13 Å². The summed E-state index contributed by atoms with van der Waals surface area (Å²) in [6.07, 6.45) is 3.66. The maximum absolute atomic E-state index is 13.1. The summed E-state index contributed by atoms with van der Waals surface area (Å²) >= 11 is 1.16. The number of nitrogens with zero attached hydrogens (tertiary/aromatic N) is 2. The molecule has 32 heavy (non-hydrogen) atoms. The van der Waals surface area contributed by atoms with E-state index in [-0.39, 0.29) is 34.4 Å². The summed E-state index contributed by atoms with van der Waals surface area (Å²) in [6.45, 7) is 2.94.